The summed E-state index contributed by atoms with van der Waals surface area (Å²) in [4.78, 5) is 12.2. The number of benzene rings is 2. The third kappa shape index (κ3) is 4.35. The molecule has 0 unspecified atom stereocenters. The fourth-order valence-corrected chi connectivity index (χ4v) is 1.94. The minimum Gasteiger partial charge on any atom is -0.507 e. The number of carbonyl (C=O) groups is 1. The lowest BCUT2D eigenvalue weighted by Gasteiger charge is -2.07. The summed E-state index contributed by atoms with van der Waals surface area (Å²) in [6.45, 7) is 2.39. The number of nitriles is 1. The molecule has 0 spiro atoms. The van der Waals surface area contributed by atoms with E-state index in [-0.39, 0.29) is 11.3 Å². The van der Waals surface area contributed by atoms with Crippen LogP contribution in [0.3, 0.4) is 0 Å². The van der Waals surface area contributed by atoms with Crippen molar-refractivity contribution in [3.05, 3.63) is 59.7 Å². The Balaban J connectivity index is 2.20. The van der Waals surface area contributed by atoms with Gasteiger partial charge in [0.2, 0.25) is 0 Å². The Bertz CT molecular complexity index is 776. The topological polar surface area (TPSA) is 82.3 Å². The van der Waals surface area contributed by atoms with Crippen molar-refractivity contribution in [1.82, 2.24) is 0 Å². The normalized spacial score (nSPS) is 10.7. The number of amides is 1. The van der Waals surface area contributed by atoms with Gasteiger partial charge in [-0.25, -0.2) is 0 Å². The number of anilines is 1. The van der Waals surface area contributed by atoms with Crippen LogP contribution in [0.15, 0.2) is 54.1 Å². The van der Waals surface area contributed by atoms with Crippen molar-refractivity contribution >= 4 is 17.7 Å². The van der Waals surface area contributed by atoms with Gasteiger partial charge in [0, 0.05) is 17.3 Å². The Morgan fingerprint density at radius 1 is 1.30 bits per heavy atom. The van der Waals surface area contributed by atoms with E-state index in [1.54, 1.807) is 42.5 Å². The summed E-state index contributed by atoms with van der Waals surface area (Å²) in [5, 5.41) is 21.5. The summed E-state index contributed by atoms with van der Waals surface area (Å²) in [5.41, 5.74) is 0.829. The van der Waals surface area contributed by atoms with E-state index >= 15 is 0 Å². The highest BCUT2D eigenvalue weighted by atomic mass is 16.5. The standard InChI is InChI=1S/C18H16N2O3/c1-2-23-16-8-5-7-15(11-16)20-18(22)14(12-19)10-13-6-3-4-9-17(13)21/h3-11,21H,2H2,1H3,(H,20,22). The monoisotopic (exact) mass is 308 g/mol. The number of rotatable bonds is 5. The van der Waals surface area contributed by atoms with Crippen LogP contribution in [0.1, 0.15) is 12.5 Å². The zero-order valence-corrected chi connectivity index (χ0v) is 12.6. The first-order chi connectivity index (χ1) is 11.1. The molecule has 5 heteroatoms. The van der Waals surface area contributed by atoms with Crippen LogP contribution in [0.5, 0.6) is 11.5 Å². The number of carbonyl (C=O) groups excluding carboxylic acids is 1. The van der Waals surface area contributed by atoms with Crippen LogP contribution in [0.2, 0.25) is 0 Å². The Hall–Kier alpha value is -3.26. The van der Waals surface area contributed by atoms with E-state index in [4.69, 9.17) is 4.74 Å². The van der Waals surface area contributed by atoms with E-state index in [1.165, 1.54) is 12.1 Å². The molecule has 5 nitrogen and oxygen atoms in total. The molecule has 0 aliphatic rings. The average molecular weight is 308 g/mol. The van der Waals surface area contributed by atoms with Crippen molar-refractivity contribution in [3.63, 3.8) is 0 Å². The highest BCUT2D eigenvalue weighted by Gasteiger charge is 2.11. The van der Waals surface area contributed by atoms with E-state index in [0.29, 0.717) is 23.6 Å². The van der Waals surface area contributed by atoms with Crippen molar-refractivity contribution in [2.75, 3.05) is 11.9 Å². The number of nitrogens with zero attached hydrogens (tertiary/aromatic N) is 1. The van der Waals surface area contributed by atoms with E-state index in [2.05, 4.69) is 5.32 Å². The fraction of sp³-hybridized carbons (Fsp3) is 0.111. The molecule has 1 amide bonds. The van der Waals surface area contributed by atoms with Gasteiger partial charge >= 0.3 is 0 Å². The summed E-state index contributed by atoms with van der Waals surface area (Å²) in [6.07, 6.45) is 1.34. The van der Waals surface area contributed by atoms with Gasteiger partial charge in [-0.1, -0.05) is 24.3 Å². The third-order valence-electron chi connectivity index (χ3n) is 3.00. The molecule has 0 radical (unpaired) electrons. The first-order valence-electron chi connectivity index (χ1n) is 7.08. The molecule has 2 N–H and O–H groups in total. The first-order valence-corrected chi connectivity index (χ1v) is 7.08. The molecule has 0 bridgehead atoms. The van der Waals surface area contributed by atoms with Gasteiger partial charge in [-0.3, -0.25) is 4.79 Å². The van der Waals surface area contributed by atoms with Crippen molar-refractivity contribution < 1.29 is 14.6 Å². The minimum absolute atomic E-state index is 0.00592. The largest absolute Gasteiger partial charge is 0.507 e. The van der Waals surface area contributed by atoms with Gasteiger partial charge < -0.3 is 15.2 Å². The number of ether oxygens (including phenoxy) is 1. The van der Waals surface area contributed by atoms with Gasteiger partial charge in [0.25, 0.3) is 5.91 Å². The molecule has 23 heavy (non-hydrogen) atoms. The lowest BCUT2D eigenvalue weighted by atomic mass is 10.1. The number of hydrogen-bond acceptors (Lipinski definition) is 4. The van der Waals surface area contributed by atoms with E-state index in [0.717, 1.165) is 0 Å². The van der Waals surface area contributed by atoms with Crippen LogP contribution in [-0.2, 0) is 4.79 Å². The fourth-order valence-electron chi connectivity index (χ4n) is 1.94. The molecular weight excluding hydrogens is 292 g/mol. The molecular formula is C18H16N2O3. The molecule has 0 atom stereocenters. The van der Waals surface area contributed by atoms with E-state index < -0.39 is 5.91 Å². The molecule has 2 aromatic carbocycles. The molecule has 2 aromatic rings. The van der Waals surface area contributed by atoms with Crippen LogP contribution < -0.4 is 10.1 Å². The molecule has 0 heterocycles. The molecule has 0 fully saturated rings. The molecule has 0 aliphatic heterocycles. The van der Waals surface area contributed by atoms with Crippen LogP contribution in [-0.4, -0.2) is 17.6 Å². The first kappa shape index (κ1) is 16.1. The number of nitrogens with one attached hydrogen (secondary N) is 1. The lowest BCUT2D eigenvalue weighted by molar-refractivity contribution is -0.112. The van der Waals surface area contributed by atoms with Crippen molar-refractivity contribution in [2.24, 2.45) is 0 Å². The van der Waals surface area contributed by atoms with E-state index in [9.17, 15) is 15.2 Å². The summed E-state index contributed by atoms with van der Waals surface area (Å²) in [7, 11) is 0. The van der Waals surface area contributed by atoms with Crippen molar-refractivity contribution in [2.45, 2.75) is 6.92 Å². The number of para-hydroxylation sites is 1. The predicted molar refractivity (Wildman–Crippen MR) is 87.9 cm³/mol. The summed E-state index contributed by atoms with van der Waals surface area (Å²) in [5.74, 6) is 0.0873. The second-order valence-electron chi connectivity index (χ2n) is 4.64. The maximum absolute atomic E-state index is 12.2. The Morgan fingerprint density at radius 3 is 2.78 bits per heavy atom. The SMILES string of the molecule is CCOc1cccc(NC(=O)C(C#N)=Cc2ccccc2O)c1. The Kier molecular flexibility index (Phi) is 5.37. The maximum Gasteiger partial charge on any atom is 0.266 e. The Morgan fingerprint density at radius 2 is 2.09 bits per heavy atom. The predicted octanol–water partition coefficient (Wildman–Crippen LogP) is 3.34. The molecule has 0 aromatic heterocycles. The van der Waals surface area contributed by atoms with Gasteiger partial charge in [-0.15, -0.1) is 0 Å². The average Bonchev–Trinajstić information content (AvgIpc) is 2.54. The number of phenols is 1. The summed E-state index contributed by atoms with van der Waals surface area (Å²) >= 11 is 0. The van der Waals surface area contributed by atoms with E-state index in [1.807, 2.05) is 13.0 Å². The van der Waals surface area contributed by atoms with Gasteiger partial charge in [-0.05, 0) is 31.2 Å². The lowest BCUT2D eigenvalue weighted by Crippen LogP contribution is -2.13. The van der Waals surface area contributed by atoms with Crippen molar-refractivity contribution in [1.29, 1.82) is 5.26 Å². The molecule has 116 valence electrons. The zero-order chi connectivity index (χ0) is 16.7. The zero-order valence-electron chi connectivity index (χ0n) is 12.6. The molecule has 0 saturated heterocycles. The Labute approximate surface area is 134 Å². The minimum atomic E-state index is -0.551. The second-order valence-corrected chi connectivity index (χ2v) is 4.64. The highest BCUT2D eigenvalue weighted by molar-refractivity contribution is 6.09. The summed E-state index contributed by atoms with van der Waals surface area (Å²) in [6, 6.07) is 15.2. The number of phenolic OH excluding ortho intramolecular Hbond substituents is 1. The molecule has 2 rings (SSSR count). The summed E-state index contributed by atoms with van der Waals surface area (Å²) < 4.78 is 5.36. The van der Waals surface area contributed by atoms with Crippen LogP contribution in [0.25, 0.3) is 6.08 Å². The van der Waals surface area contributed by atoms with Crippen LogP contribution in [0, 0.1) is 11.3 Å². The highest BCUT2D eigenvalue weighted by Crippen LogP contribution is 2.21. The third-order valence-corrected chi connectivity index (χ3v) is 3.00. The maximum atomic E-state index is 12.2. The number of aromatic hydroxyl groups is 1. The molecule has 0 aliphatic carbocycles. The smallest absolute Gasteiger partial charge is 0.266 e. The van der Waals surface area contributed by atoms with Crippen LogP contribution in [0.4, 0.5) is 5.69 Å². The van der Waals surface area contributed by atoms with Crippen molar-refractivity contribution in [3.8, 4) is 17.6 Å². The van der Waals surface area contributed by atoms with Gasteiger partial charge in [-0.2, -0.15) is 5.26 Å². The quantitative estimate of drug-likeness (QED) is 0.655. The van der Waals surface area contributed by atoms with Gasteiger partial charge in [0.05, 0.1) is 6.61 Å². The van der Waals surface area contributed by atoms with Gasteiger partial charge in [0.1, 0.15) is 23.1 Å². The van der Waals surface area contributed by atoms with Crippen LogP contribution >= 0.6 is 0 Å². The second kappa shape index (κ2) is 7.66. The number of hydrogen-bond donors (Lipinski definition) is 2. The van der Waals surface area contributed by atoms with Gasteiger partial charge in [0.15, 0.2) is 0 Å². The molecule has 0 saturated carbocycles.